The Balaban J connectivity index is 2.63. The molecule has 0 radical (unpaired) electrons. The van der Waals surface area contributed by atoms with E-state index in [1.807, 2.05) is 17.7 Å². The first-order valence-corrected chi connectivity index (χ1v) is 3.44. The van der Waals surface area contributed by atoms with Gasteiger partial charge in [0.05, 0.1) is 0 Å². The van der Waals surface area contributed by atoms with Crippen molar-refractivity contribution in [3.05, 3.63) is 18.2 Å². The number of likely N-dealkylation sites (N-methyl/N-ethyl adjacent to an activating group) is 1. The number of hydrogen-bond acceptors (Lipinski definition) is 3. The predicted molar refractivity (Wildman–Crippen MR) is 40.9 cm³/mol. The number of nitrogens with zero attached hydrogens (tertiary/aromatic N) is 3. The molecule has 0 aromatic carbocycles. The molecule has 4 nitrogen and oxygen atoms in total. The van der Waals surface area contributed by atoms with E-state index in [2.05, 4.69) is 10.3 Å². The van der Waals surface area contributed by atoms with Gasteiger partial charge >= 0.3 is 0 Å². The third kappa shape index (κ3) is 1.79. The summed E-state index contributed by atoms with van der Waals surface area (Å²) in [6.45, 7) is 1.64. The third-order valence-corrected chi connectivity index (χ3v) is 1.42. The minimum absolute atomic E-state index is 0.472. The van der Waals surface area contributed by atoms with Crippen molar-refractivity contribution in [1.29, 1.82) is 5.26 Å². The molecule has 0 bridgehead atoms. The molecule has 0 fully saturated rings. The molecule has 0 unspecified atom stereocenters. The van der Waals surface area contributed by atoms with E-state index in [9.17, 15) is 0 Å². The van der Waals surface area contributed by atoms with Gasteiger partial charge < -0.3 is 9.88 Å². The molecular formula is C7H10N4. The lowest BCUT2D eigenvalue weighted by Gasteiger charge is -2.00. The van der Waals surface area contributed by atoms with Crippen LogP contribution in [0.4, 0.5) is 0 Å². The van der Waals surface area contributed by atoms with Gasteiger partial charge in [0.2, 0.25) is 5.82 Å². The van der Waals surface area contributed by atoms with E-state index in [4.69, 9.17) is 5.26 Å². The number of nitrogens with one attached hydrogen (secondary N) is 1. The Hall–Kier alpha value is -1.34. The molecule has 0 aliphatic heterocycles. The van der Waals surface area contributed by atoms with Crippen LogP contribution in [0.25, 0.3) is 0 Å². The molecule has 0 spiro atoms. The molecule has 0 atom stereocenters. The van der Waals surface area contributed by atoms with Crippen LogP contribution in [0, 0.1) is 11.3 Å². The molecule has 0 amide bonds. The van der Waals surface area contributed by atoms with Crippen molar-refractivity contribution < 1.29 is 0 Å². The zero-order chi connectivity index (χ0) is 8.10. The van der Waals surface area contributed by atoms with E-state index in [-0.39, 0.29) is 0 Å². The first kappa shape index (κ1) is 7.76. The maximum atomic E-state index is 8.55. The van der Waals surface area contributed by atoms with Crippen molar-refractivity contribution in [2.24, 2.45) is 0 Å². The van der Waals surface area contributed by atoms with E-state index in [0.29, 0.717) is 5.82 Å². The summed E-state index contributed by atoms with van der Waals surface area (Å²) in [6, 6.07) is 2.01. The second kappa shape index (κ2) is 3.74. The largest absolute Gasteiger partial charge is 0.321 e. The monoisotopic (exact) mass is 150 g/mol. The predicted octanol–water partition coefficient (Wildman–Crippen LogP) is -0.0258. The van der Waals surface area contributed by atoms with E-state index in [0.717, 1.165) is 13.1 Å². The van der Waals surface area contributed by atoms with Gasteiger partial charge in [-0.15, -0.1) is 0 Å². The van der Waals surface area contributed by atoms with Crippen LogP contribution in [0.5, 0.6) is 0 Å². The van der Waals surface area contributed by atoms with Gasteiger partial charge in [-0.3, -0.25) is 0 Å². The van der Waals surface area contributed by atoms with E-state index in [1.54, 1.807) is 12.4 Å². The highest BCUT2D eigenvalue weighted by Crippen LogP contribution is 1.93. The van der Waals surface area contributed by atoms with Crippen molar-refractivity contribution >= 4 is 0 Å². The number of hydrogen-bond donors (Lipinski definition) is 1. The molecule has 0 saturated heterocycles. The molecule has 1 rings (SSSR count). The lowest BCUT2D eigenvalue weighted by atomic mass is 10.5. The zero-order valence-corrected chi connectivity index (χ0v) is 6.41. The van der Waals surface area contributed by atoms with Crippen molar-refractivity contribution in [2.45, 2.75) is 6.54 Å². The highest BCUT2D eigenvalue weighted by atomic mass is 15.1. The van der Waals surface area contributed by atoms with Crippen molar-refractivity contribution in [1.82, 2.24) is 14.9 Å². The van der Waals surface area contributed by atoms with Gasteiger partial charge in [-0.05, 0) is 7.05 Å². The van der Waals surface area contributed by atoms with Crippen molar-refractivity contribution in [3.8, 4) is 6.07 Å². The van der Waals surface area contributed by atoms with E-state index in [1.165, 1.54) is 0 Å². The Bertz CT molecular complexity index is 258. The number of nitriles is 1. The first-order chi connectivity index (χ1) is 5.38. The maximum Gasteiger partial charge on any atom is 0.212 e. The van der Waals surface area contributed by atoms with Crippen LogP contribution in [0.2, 0.25) is 0 Å². The van der Waals surface area contributed by atoms with Crippen molar-refractivity contribution in [2.75, 3.05) is 13.6 Å². The van der Waals surface area contributed by atoms with Gasteiger partial charge in [-0.25, -0.2) is 4.98 Å². The fourth-order valence-electron chi connectivity index (χ4n) is 0.835. The summed E-state index contributed by atoms with van der Waals surface area (Å²) < 4.78 is 1.82. The van der Waals surface area contributed by atoms with Crippen LogP contribution in [-0.4, -0.2) is 23.1 Å². The van der Waals surface area contributed by atoms with Gasteiger partial charge in [0.1, 0.15) is 6.07 Å². The second-order valence-corrected chi connectivity index (χ2v) is 2.16. The van der Waals surface area contributed by atoms with Gasteiger partial charge in [-0.2, -0.15) is 5.26 Å². The highest BCUT2D eigenvalue weighted by Gasteiger charge is 1.97. The zero-order valence-electron chi connectivity index (χ0n) is 6.41. The molecule has 1 heterocycles. The van der Waals surface area contributed by atoms with Crippen LogP contribution >= 0.6 is 0 Å². The minimum atomic E-state index is 0.472. The molecule has 4 heteroatoms. The fraction of sp³-hybridized carbons (Fsp3) is 0.429. The number of imidazole rings is 1. The minimum Gasteiger partial charge on any atom is -0.321 e. The smallest absolute Gasteiger partial charge is 0.212 e. The molecule has 1 N–H and O–H groups in total. The van der Waals surface area contributed by atoms with Crippen LogP contribution in [0.15, 0.2) is 12.4 Å². The Morgan fingerprint density at radius 1 is 1.82 bits per heavy atom. The molecule has 0 aliphatic rings. The Morgan fingerprint density at radius 2 is 2.64 bits per heavy atom. The molecule has 0 aliphatic carbocycles. The summed E-state index contributed by atoms with van der Waals surface area (Å²) >= 11 is 0. The first-order valence-electron chi connectivity index (χ1n) is 3.44. The average molecular weight is 150 g/mol. The number of aromatic nitrogens is 2. The summed E-state index contributed by atoms with van der Waals surface area (Å²) in [7, 11) is 1.88. The molecule has 1 aromatic heterocycles. The van der Waals surface area contributed by atoms with Crippen molar-refractivity contribution in [3.63, 3.8) is 0 Å². The van der Waals surface area contributed by atoms with Crippen LogP contribution in [0.1, 0.15) is 5.82 Å². The fourth-order valence-corrected chi connectivity index (χ4v) is 0.835. The Labute approximate surface area is 65.5 Å². The summed E-state index contributed by atoms with van der Waals surface area (Å²) in [5.74, 6) is 0.472. The molecule has 11 heavy (non-hydrogen) atoms. The third-order valence-electron chi connectivity index (χ3n) is 1.42. The summed E-state index contributed by atoms with van der Waals surface area (Å²) in [5.41, 5.74) is 0. The normalized spacial score (nSPS) is 9.45. The molecular weight excluding hydrogens is 140 g/mol. The van der Waals surface area contributed by atoms with Crippen LogP contribution < -0.4 is 5.32 Å². The number of rotatable bonds is 3. The van der Waals surface area contributed by atoms with Crippen LogP contribution in [-0.2, 0) is 6.54 Å². The average Bonchev–Trinajstić information content (AvgIpc) is 2.47. The molecule has 1 aromatic rings. The maximum absolute atomic E-state index is 8.55. The quantitative estimate of drug-likeness (QED) is 0.658. The van der Waals surface area contributed by atoms with E-state index >= 15 is 0 Å². The Kier molecular flexibility index (Phi) is 2.64. The standard InChI is InChI=1S/C7H10N4/c1-9-2-4-11-5-3-10-7(11)6-8/h3,5,9H,2,4H2,1H3. The lowest BCUT2D eigenvalue weighted by Crippen LogP contribution is -2.15. The summed E-state index contributed by atoms with van der Waals surface area (Å²) in [5, 5.41) is 11.6. The molecule has 0 saturated carbocycles. The van der Waals surface area contributed by atoms with Gasteiger partial charge in [0.15, 0.2) is 0 Å². The second-order valence-electron chi connectivity index (χ2n) is 2.16. The lowest BCUT2D eigenvalue weighted by molar-refractivity contribution is 0.638. The van der Waals surface area contributed by atoms with Gasteiger partial charge in [0.25, 0.3) is 0 Å². The SMILES string of the molecule is CNCCn1ccnc1C#N. The van der Waals surface area contributed by atoms with Crippen LogP contribution in [0.3, 0.4) is 0 Å². The highest BCUT2D eigenvalue weighted by molar-refractivity contribution is 5.10. The summed E-state index contributed by atoms with van der Waals surface area (Å²) in [6.07, 6.45) is 3.43. The summed E-state index contributed by atoms with van der Waals surface area (Å²) in [4.78, 5) is 3.86. The van der Waals surface area contributed by atoms with Gasteiger partial charge in [-0.1, -0.05) is 0 Å². The topological polar surface area (TPSA) is 53.6 Å². The Morgan fingerprint density at radius 3 is 3.27 bits per heavy atom. The van der Waals surface area contributed by atoms with Gasteiger partial charge in [0, 0.05) is 25.5 Å². The van der Waals surface area contributed by atoms with E-state index < -0.39 is 0 Å². The molecule has 58 valence electrons.